The van der Waals surface area contributed by atoms with Crippen molar-refractivity contribution in [2.24, 2.45) is 0 Å². The van der Waals surface area contributed by atoms with Gasteiger partial charge in [0.1, 0.15) is 0 Å². The molecule has 2 nitrogen and oxygen atoms in total. The van der Waals surface area contributed by atoms with E-state index in [0.717, 1.165) is 6.54 Å². The first-order valence-corrected chi connectivity index (χ1v) is 5.61. The largest absolute Gasteiger partial charge is 0.319 e. The third kappa shape index (κ3) is 2.02. The Bertz CT molecular complexity index is 446. The van der Waals surface area contributed by atoms with E-state index in [4.69, 9.17) is 0 Å². The van der Waals surface area contributed by atoms with Crippen molar-refractivity contribution in [3.05, 3.63) is 53.3 Å². The highest BCUT2D eigenvalue weighted by atomic mass is 15.0. The number of aryl methyl sites for hydroxylation is 2. The number of hydrogen-bond donors (Lipinski definition) is 1. The summed E-state index contributed by atoms with van der Waals surface area (Å²) in [5, 5.41) is 3.15. The Morgan fingerprint density at radius 2 is 1.50 bits per heavy atom. The van der Waals surface area contributed by atoms with Gasteiger partial charge in [-0.1, -0.05) is 12.1 Å². The second-order valence-corrected chi connectivity index (χ2v) is 4.15. The fourth-order valence-corrected chi connectivity index (χ4v) is 2.04. The van der Waals surface area contributed by atoms with E-state index >= 15 is 0 Å². The molecule has 0 saturated carbocycles. The molecule has 0 aliphatic carbocycles. The van der Waals surface area contributed by atoms with Crippen molar-refractivity contribution in [2.45, 2.75) is 20.4 Å². The first-order chi connectivity index (χ1) is 7.72. The molecule has 0 aliphatic rings. The highest BCUT2D eigenvalue weighted by Crippen LogP contribution is 2.16. The lowest BCUT2D eigenvalue weighted by Crippen LogP contribution is -2.05. The summed E-state index contributed by atoms with van der Waals surface area (Å²) >= 11 is 0. The van der Waals surface area contributed by atoms with Crippen molar-refractivity contribution >= 4 is 0 Å². The lowest BCUT2D eigenvalue weighted by atomic mass is 10.2. The molecule has 1 heterocycles. The summed E-state index contributed by atoms with van der Waals surface area (Å²) < 4.78 is 2.27. The van der Waals surface area contributed by atoms with Gasteiger partial charge in [-0.3, -0.25) is 0 Å². The molecule has 0 unspecified atom stereocenters. The van der Waals surface area contributed by atoms with Crippen LogP contribution in [0.25, 0.3) is 5.69 Å². The van der Waals surface area contributed by atoms with Crippen molar-refractivity contribution in [3.63, 3.8) is 0 Å². The Morgan fingerprint density at radius 3 is 2.00 bits per heavy atom. The minimum Gasteiger partial charge on any atom is -0.319 e. The molecule has 1 N–H and O–H groups in total. The summed E-state index contributed by atoms with van der Waals surface area (Å²) in [5.41, 5.74) is 5.10. The molecule has 0 atom stereocenters. The molecule has 0 fully saturated rings. The molecule has 1 aromatic heterocycles. The third-order valence-electron chi connectivity index (χ3n) is 2.85. The SMILES string of the molecule is CNCc1ccc(-n2c(C)ccc2C)cc1. The average Bonchev–Trinajstić information content (AvgIpc) is 2.61. The monoisotopic (exact) mass is 214 g/mol. The van der Waals surface area contributed by atoms with Gasteiger partial charge in [-0.2, -0.15) is 0 Å². The summed E-state index contributed by atoms with van der Waals surface area (Å²) in [4.78, 5) is 0. The quantitative estimate of drug-likeness (QED) is 0.831. The first kappa shape index (κ1) is 11.0. The zero-order valence-electron chi connectivity index (χ0n) is 10.1. The van der Waals surface area contributed by atoms with Crippen molar-refractivity contribution in [2.75, 3.05) is 7.05 Å². The third-order valence-corrected chi connectivity index (χ3v) is 2.85. The maximum Gasteiger partial charge on any atom is 0.0455 e. The highest BCUT2D eigenvalue weighted by Gasteiger charge is 2.03. The fraction of sp³-hybridized carbons (Fsp3) is 0.286. The predicted molar refractivity (Wildman–Crippen MR) is 68.0 cm³/mol. The van der Waals surface area contributed by atoms with Gasteiger partial charge in [0.15, 0.2) is 0 Å². The van der Waals surface area contributed by atoms with Crippen LogP contribution in [0.15, 0.2) is 36.4 Å². The van der Waals surface area contributed by atoms with E-state index in [2.05, 4.69) is 60.1 Å². The Labute approximate surface area is 96.9 Å². The number of rotatable bonds is 3. The molecule has 0 aliphatic heterocycles. The summed E-state index contributed by atoms with van der Waals surface area (Å²) in [7, 11) is 1.97. The van der Waals surface area contributed by atoms with Crippen LogP contribution in [0.4, 0.5) is 0 Å². The number of nitrogens with zero attached hydrogens (tertiary/aromatic N) is 1. The van der Waals surface area contributed by atoms with Gasteiger partial charge in [0, 0.05) is 23.6 Å². The highest BCUT2D eigenvalue weighted by molar-refractivity contribution is 5.39. The molecule has 2 aromatic rings. The molecular formula is C14H18N2. The van der Waals surface area contributed by atoms with Crippen LogP contribution in [0.3, 0.4) is 0 Å². The smallest absolute Gasteiger partial charge is 0.0455 e. The van der Waals surface area contributed by atoms with Crippen molar-refractivity contribution < 1.29 is 0 Å². The zero-order chi connectivity index (χ0) is 11.5. The molecule has 0 bridgehead atoms. The molecule has 2 heteroatoms. The lowest BCUT2D eigenvalue weighted by molar-refractivity contribution is 0.817. The Kier molecular flexibility index (Phi) is 3.11. The second kappa shape index (κ2) is 4.54. The van der Waals surface area contributed by atoms with Crippen molar-refractivity contribution in [1.82, 2.24) is 9.88 Å². The molecule has 16 heavy (non-hydrogen) atoms. The van der Waals surface area contributed by atoms with E-state index < -0.39 is 0 Å². The fourth-order valence-electron chi connectivity index (χ4n) is 2.04. The molecule has 0 radical (unpaired) electrons. The lowest BCUT2D eigenvalue weighted by Gasteiger charge is -2.10. The summed E-state index contributed by atoms with van der Waals surface area (Å²) in [6.45, 7) is 5.19. The van der Waals surface area contributed by atoms with Crippen molar-refractivity contribution in [3.8, 4) is 5.69 Å². The molecule has 0 saturated heterocycles. The Hall–Kier alpha value is -1.54. The molecule has 0 amide bonds. The summed E-state index contributed by atoms with van der Waals surface area (Å²) in [6.07, 6.45) is 0. The summed E-state index contributed by atoms with van der Waals surface area (Å²) in [5.74, 6) is 0. The number of hydrogen-bond acceptors (Lipinski definition) is 1. The minimum atomic E-state index is 0.921. The molecule has 1 aromatic carbocycles. The zero-order valence-corrected chi connectivity index (χ0v) is 10.1. The van der Waals surface area contributed by atoms with E-state index in [0.29, 0.717) is 0 Å². The minimum absolute atomic E-state index is 0.921. The summed E-state index contributed by atoms with van der Waals surface area (Å²) in [6, 6.07) is 13.0. The van der Waals surface area contributed by atoms with Crippen molar-refractivity contribution in [1.29, 1.82) is 0 Å². The van der Waals surface area contributed by atoms with Crippen LogP contribution in [0.5, 0.6) is 0 Å². The van der Waals surface area contributed by atoms with E-state index in [1.54, 1.807) is 0 Å². The normalized spacial score (nSPS) is 10.7. The molecular weight excluding hydrogens is 196 g/mol. The van der Waals surface area contributed by atoms with Gasteiger partial charge in [0.25, 0.3) is 0 Å². The van der Waals surface area contributed by atoms with Crippen LogP contribution < -0.4 is 5.32 Å². The first-order valence-electron chi connectivity index (χ1n) is 5.61. The van der Waals surface area contributed by atoms with Crippen LogP contribution in [0.1, 0.15) is 17.0 Å². The Morgan fingerprint density at radius 1 is 0.938 bits per heavy atom. The van der Waals surface area contributed by atoms with E-state index in [1.165, 1.54) is 22.6 Å². The number of benzene rings is 1. The number of aromatic nitrogens is 1. The van der Waals surface area contributed by atoms with Gasteiger partial charge >= 0.3 is 0 Å². The van der Waals surface area contributed by atoms with Gasteiger partial charge < -0.3 is 9.88 Å². The maximum absolute atomic E-state index is 3.15. The molecule has 0 spiro atoms. The van der Waals surface area contributed by atoms with E-state index in [-0.39, 0.29) is 0 Å². The average molecular weight is 214 g/mol. The second-order valence-electron chi connectivity index (χ2n) is 4.15. The van der Waals surface area contributed by atoms with Gasteiger partial charge in [0.05, 0.1) is 0 Å². The van der Waals surface area contributed by atoms with Crippen LogP contribution in [-0.2, 0) is 6.54 Å². The van der Waals surface area contributed by atoms with Gasteiger partial charge in [-0.05, 0) is 50.7 Å². The van der Waals surface area contributed by atoms with E-state index in [1.807, 2.05) is 7.05 Å². The predicted octanol–water partition coefficient (Wildman–Crippen LogP) is 2.81. The van der Waals surface area contributed by atoms with Gasteiger partial charge in [0.2, 0.25) is 0 Å². The van der Waals surface area contributed by atoms with Crippen LogP contribution in [-0.4, -0.2) is 11.6 Å². The topological polar surface area (TPSA) is 17.0 Å². The number of nitrogens with one attached hydrogen (secondary N) is 1. The van der Waals surface area contributed by atoms with Gasteiger partial charge in [-0.15, -0.1) is 0 Å². The Balaban J connectivity index is 2.35. The van der Waals surface area contributed by atoms with Crippen LogP contribution in [0, 0.1) is 13.8 Å². The van der Waals surface area contributed by atoms with Crippen LogP contribution in [0.2, 0.25) is 0 Å². The molecule has 84 valence electrons. The van der Waals surface area contributed by atoms with Crippen LogP contribution >= 0.6 is 0 Å². The maximum atomic E-state index is 3.15. The molecule has 2 rings (SSSR count). The van der Waals surface area contributed by atoms with Gasteiger partial charge in [-0.25, -0.2) is 0 Å². The van der Waals surface area contributed by atoms with E-state index in [9.17, 15) is 0 Å². The standard InChI is InChI=1S/C14H18N2/c1-11-4-5-12(2)16(11)14-8-6-13(7-9-14)10-15-3/h4-9,15H,10H2,1-3H3.